The van der Waals surface area contributed by atoms with Crippen molar-refractivity contribution in [1.29, 1.82) is 0 Å². The first-order chi connectivity index (χ1) is 15.1. The van der Waals surface area contributed by atoms with Crippen LogP contribution in [-0.2, 0) is 0 Å². The Morgan fingerprint density at radius 3 is 2.52 bits per heavy atom. The summed E-state index contributed by atoms with van der Waals surface area (Å²) in [6.07, 6.45) is 0. The van der Waals surface area contributed by atoms with E-state index in [0.717, 1.165) is 48.6 Å². The zero-order valence-corrected chi connectivity index (χ0v) is 18.1. The average Bonchev–Trinajstić information content (AvgIpc) is 3.22. The number of nitrogens with one attached hydrogen (secondary N) is 1. The molecule has 4 aromatic carbocycles. The summed E-state index contributed by atoms with van der Waals surface area (Å²) < 4.78 is 6.48. The van der Waals surface area contributed by atoms with E-state index in [9.17, 15) is 5.11 Å². The minimum atomic E-state index is -0.280. The van der Waals surface area contributed by atoms with Crippen molar-refractivity contribution in [3.05, 3.63) is 95.6 Å². The van der Waals surface area contributed by atoms with Crippen LogP contribution in [0.5, 0.6) is 11.5 Å². The molecule has 1 atom stereocenters. The first-order valence-electron chi connectivity index (χ1n) is 10.1. The van der Waals surface area contributed by atoms with Crippen LogP contribution >= 0.6 is 11.3 Å². The Kier molecular flexibility index (Phi) is 4.96. The molecular weight excluding hydrogens is 404 g/mol. The van der Waals surface area contributed by atoms with Crippen molar-refractivity contribution in [2.24, 2.45) is 0 Å². The molecule has 0 radical (unpaired) electrons. The second-order valence-corrected chi connectivity index (χ2v) is 8.54. The molecule has 0 saturated carbocycles. The van der Waals surface area contributed by atoms with Gasteiger partial charge in [0.2, 0.25) is 0 Å². The average molecular weight is 427 g/mol. The molecule has 5 rings (SSSR count). The van der Waals surface area contributed by atoms with Crippen LogP contribution in [0.15, 0.2) is 78.9 Å². The van der Waals surface area contributed by atoms with Gasteiger partial charge in [0, 0.05) is 5.56 Å². The Labute approximate surface area is 184 Å². The van der Waals surface area contributed by atoms with Crippen LogP contribution in [0.4, 0.5) is 5.13 Å². The number of benzene rings is 4. The molecule has 154 valence electrons. The Bertz CT molecular complexity index is 1380. The van der Waals surface area contributed by atoms with Gasteiger partial charge in [0.1, 0.15) is 11.5 Å². The molecule has 4 nitrogen and oxygen atoms in total. The highest BCUT2D eigenvalue weighted by Crippen LogP contribution is 2.39. The largest absolute Gasteiger partial charge is 0.508 e. The van der Waals surface area contributed by atoms with Crippen LogP contribution in [-0.4, -0.2) is 17.2 Å². The van der Waals surface area contributed by atoms with Crippen LogP contribution in [0.2, 0.25) is 0 Å². The van der Waals surface area contributed by atoms with E-state index in [4.69, 9.17) is 9.72 Å². The molecule has 0 aliphatic rings. The number of thiazole rings is 1. The Balaban J connectivity index is 1.68. The number of phenolic OH excluding ortho intramolecular Hbond substituents is 1. The third-order valence-electron chi connectivity index (χ3n) is 5.57. The van der Waals surface area contributed by atoms with Gasteiger partial charge in [-0.1, -0.05) is 65.9 Å². The van der Waals surface area contributed by atoms with Gasteiger partial charge in [0.15, 0.2) is 5.13 Å². The number of phenols is 1. The summed E-state index contributed by atoms with van der Waals surface area (Å²) in [5.41, 5.74) is 4.00. The molecule has 0 spiro atoms. The summed E-state index contributed by atoms with van der Waals surface area (Å²) >= 11 is 1.62. The van der Waals surface area contributed by atoms with Gasteiger partial charge in [0.05, 0.1) is 23.4 Å². The molecule has 0 amide bonds. The van der Waals surface area contributed by atoms with Gasteiger partial charge < -0.3 is 15.2 Å². The molecule has 0 saturated heterocycles. The van der Waals surface area contributed by atoms with Gasteiger partial charge >= 0.3 is 0 Å². The lowest BCUT2D eigenvalue weighted by Crippen LogP contribution is -2.13. The van der Waals surface area contributed by atoms with Crippen LogP contribution < -0.4 is 10.1 Å². The number of aryl methyl sites for hydroxylation is 1. The second kappa shape index (κ2) is 7.93. The molecule has 5 heteroatoms. The fraction of sp³-hybridized carbons (Fsp3) is 0.115. The lowest BCUT2D eigenvalue weighted by atomic mass is 9.93. The lowest BCUT2D eigenvalue weighted by Gasteiger charge is -2.22. The van der Waals surface area contributed by atoms with E-state index in [1.54, 1.807) is 24.5 Å². The highest BCUT2D eigenvalue weighted by atomic mass is 32.1. The van der Waals surface area contributed by atoms with E-state index in [0.29, 0.717) is 0 Å². The number of aromatic hydroxyl groups is 1. The summed E-state index contributed by atoms with van der Waals surface area (Å²) in [5, 5.41) is 17.4. The summed E-state index contributed by atoms with van der Waals surface area (Å²) in [5.74, 6) is 1.05. The van der Waals surface area contributed by atoms with Gasteiger partial charge in [-0.3, -0.25) is 0 Å². The zero-order chi connectivity index (χ0) is 21.4. The minimum absolute atomic E-state index is 0.254. The number of methoxy groups -OCH3 is 1. The molecule has 5 aromatic rings. The third-order valence-corrected chi connectivity index (χ3v) is 6.53. The fourth-order valence-electron chi connectivity index (χ4n) is 3.98. The first kappa shape index (κ1) is 19.4. The molecule has 0 aliphatic carbocycles. The van der Waals surface area contributed by atoms with E-state index in [-0.39, 0.29) is 11.8 Å². The SMILES string of the molecule is COc1ccc(C(Nc2nc3c(C)cccc3s2)c2c(O)ccc3ccccc23)cc1. The van der Waals surface area contributed by atoms with Gasteiger partial charge in [-0.2, -0.15) is 0 Å². The van der Waals surface area contributed by atoms with Crippen molar-refractivity contribution in [2.45, 2.75) is 13.0 Å². The first-order valence-corrected chi connectivity index (χ1v) is 10.9. The van der Waals surface area contributed by atoms with Crippen molar-refractivity contribution in [3.8, 4) is 11.5 Å². The van der Waals surface area contributed by atoms with E-state index in [1.807, 2.05) is 48.5 Å². The van der Waals surface area contributed by atoms with Crippen molar-refractivity contribution < 1.29 is 9.84 Å². The molecular formula is C26H22N2O2S. The Morgan fingerprint density at radius 1 is 0.935 bits per heavy atom. The number of para-hydroxylation sites is 1. The topological polar surface area (TPSA) is 54.4 Å². The van der Waals surface area contributed by atoms with Crippen molar-refractivity contribution in [2.75, 3.05) is 12.4 Å². The number of ether oxygens (including phenoxy) is 1. The number of anilines is 1. The van der Waals surface area contributed by atoms with Crippen LogP contribution in [0.1, 0.15) is 22.7 Å². The third kappa shape index (κ3) is 3.57. The van der Waals surface area contributed by atoms with Crippen LogP contribution in [0, 0.1) is 6.92 Å². The van der Waals surface area contributed by atoms with Crippen LogP contribution in [0.25, 0.3) is 21.0 Å². The van der Waals surface area contributed by atoms with Crippen molar-refractivity contribution in [3.63, 3.8) is 0 Å². The van der Waals surface area contributed by atoms with Gasteiger partial charge in [-0.25, -0.2) is 4.98 Å². The molecule has 0 fully saturated rings. The smallest absolute Gasteiger partial charge is 0.184 e. The number of hydrogen-bond acceptors (Lipinski definition) is 5. The number of nitrogens with zero attached hydrogens (tertiary/aromatic N) is 1. The monoisotopic (exact) mass is 426 g/mol. The van der Waals surface area contributed by atoms with Gasteiger partial charge in [0.25, 0.3) is 0 Å². The predicted octanol–water partition coefficient (Wildman–Crippen LogP) is 6.67. The second-order valence-electron chi connectivity index (χ2n) is 7.51. The maximum Gasteiger partial charge on any atom is 0.184 e. The molecule has 1 heterocycles. The maximum absolute atomic E-state index is 10.9. The van der Waals surface area contributed by atoms with E-state index in [1.165, 1.54) is 0 Å². The minimum Gasteiger partial charge on any atom is -0.508 e. The number of hydrogen-bond donors (Lipinski definition) is 2. The maximum atomic E-state index is 10.9. The Hall–Kier alpha value is -3.57. The van der Waals surface area contributed by atoms with Crippen molar-refractivity contribution in [1.82, 2.24) is 4.98 Å². The fourth-order valence-corrected chi connectivity index (χ4v) is 4.95. The summed E-state index contributed by atoms with van der Waals surface area (Å²) in [4.78, 5) is 4.85. The Morgan fingerprint density at radius 2 is 1.74 bits per heavy atom. The standard InChI is InChI=1S/C26H22N2O2S/c1-16-6-5-9-22-24(16)27-26(31-22)28-25(18-10-13-19(30-2)14-11-18)23-20-8-4-3-7-17(20)12-15-21(23)29/h3-15,25,29H,1-2H3,(H,27,28). The molecule has 1 unspecified atom stereocenters. The van der Waals surface area contributed by atoms with Crippen LogP contribution in [0.3, 0.4) is 0 Å². The van der Waals surface area contributed by atoms with Gasteiger partial charge in [-0.15, -0.1) is 0 Å². The van der Waals surface area contributed by atoms with E-state index >= 15 is 0 Å². The van der Waals surface area contributed by atoms with Crippen molar-refractivity contribution >= 4 is 37.5 Å². The predicted molar refractivity (Wildman–Crippen MR) is 128 cm³/mol. The highest BCUT2D eigenvalue weighted by molar-refractivity contribution is 7.22. The summed E-state index contributed by atoms with van der Waals surface area (Å²) in [7, 11) is 1.66. The molecule has 2 N–H and O–H groups in total. The van der Waals surface area contributed by atoms with E-state index < -0.39 is 0 Å². The summed E-state index contributed by atoms with van der Waals surface area (Å²) in [6, 6.07) is 25.7. The molecule has 0 aliphatic heterocycles. The molecule has 31 heavy (non-hydrogen) atoms. The lowest BCUT2D eigenvalue weighted by molar-refractivity contribution is 0.414. The number of fused-ring (bicyclic) bond motifs is 2. The van der Waals surface area contributed by atoms with E-state index in [2.05, 4.69) is 36.5 Å². The summed E-state index contributed by atoms with van der Waals surface area (Å²) in [6.45, 7) is 2.07. The number of rotatable bonds is 5. The number of aromatic nitrogens is 1. The quantitative estimate of drug-likeness (QED) is 0.329. The van der Waals surface area contributed by atoms with Gasteiger partial charge in [-0.05, 0) is 53.1 Å². The molecule has 0 bridgehead atoms. The highest BCUT2D eigenvalue weighted by Gasteiger charge is 2.22. The molecule has 1 aromatic heterocycles. The normalized spacial score (nSPS) is 12.2. The zero-order valence-electron chi connectivity index (χ0n) is 17.3.